The standard InChI is InChI=1S/C15H20BrN3O/c1-10(2)8-11(17-3)9-14-18-15(19-20-14)12-6-4-5-7-13(12)16/h4-7,10-11,17H,8-9H2,1-3H3. The maximum Gasteiger partial charge on any atom is 0.228 e. The van der Waals surface area contributed by atoms with Gasteiger partial charge in [-0.15, -0.1) is 0 Å². The molecule has 1 aromatic carbocycles. The number of likely N-dealkylation sites (N-methyl/N-ethyl adjacent to an activating group) is 1. The van der Waals surface area contributed by atoms with E-state index in [0.717, 1.165) is 22.9 Å². The van der Waals surface area contributed by atoms with Crippen molar-refractivity contribution in [2.24, 2.45) is 5.92 Å². The quantitative estimate of drug-likeness (QED) is 0.873. The predicted octanol–water partition coefficient (Wildman–Crippen LogP) is 3.68. The maximum atomic E-state index is 5.37. The molecular formula is C15H20BrN3O. The largest absolute Gasteiger partial charge is 0.339 e. The molecule has 1 atom stereocenters. The highest BCUT2D eigenvalue weighted by molar-refractivity contribution is 9.10. The van der Waals surface area contributed by atoms with E-state index < -0.39 is 0 Å². The first-order valence-electron chi connectivity index (χ1n) is 6.85. The molecule has 0 saturated carbocycles. The van der Waals surface area contributed by atoms with Gasteiger partial charge in [-0.2, -0.15) is 4.98 Å². The fourth-order valence-electron chi connectivity index (χ4n) is 2.17. The lowest BCUT2D eigenvalue weighted by Crippen LogP contribution is -2.29. The third-order valence-electron chi connectivity index (χ3n) is 3.17. The number of hydrogen-bond donors (Lipinski definition) is 1. The van der Waals surface area contributed by atoms with E-state index in [4.69, 9.17) is 4.52 Å². The van der Waals surface area contributed by atoms with Crippen molar-refractivity contribution in [3.05, 3.63) is 34.6 Å². The van der Waals surface area contributed by atoms with Crippen LogP contribution in [0.2, 0.25) is 0 Å². The third-order valence-corrected chi connectivity index (χ3v) is 3.86. The molecule has 1 N–H and O–H groups in total. The molecule has 4 nitrogen and oxygen atoms in total. The summed E-state index contributed by atoms with van der Waals surface area (Å²) in [6.07, 6.45) is 1.84. The molecule has 0 bridgehead atoms. The summed E-state index contributed by atoms with van der Waals surface area (Å²) in [5.41, 5.74) is 0.951. The Morgan fingerprint density at radius 2 is 2.05 bits per heavy atom. The lowest BCUT2D eigenvalue weighted by molar-refractivity contribution is 0.345. The van der Waals surface area contributed by atoms with Crippen LogP contribution in [-0.2, 0) is 6.42 Å². The smallest absolute Gasteiger partial charge is 0.228 e. The van der Waals surface area contributed by atoms with Gasteiger partial charge in [-0.05, 0) is 31.5 Å². The van der Waals surface area contributed by atoms with Gasteiger partial charge in [0.25, 0.3) is 0 Å². The van der Waals surface area contributed by atoms with Crippen LogP contribution in [0.1, 0.15) is 26.2 Å². The monoisotopic (exact) mass is 337 g/mol. The van der Waals surface area contributed by atoms with Crippen molar-refractivity contribution in [2.45, 2.75) is 32.7 Å². The summed E-state index contributed by atoms with van der Waals surface area (Å²) in [6, 6.07) is 8.24. The molecule has 20 heavy (non-hydrogen) atoms. The molecule has 108 valence electrons. The zero-order valence-corrected chi connectivity index (χ0v) is 13.6. The molecule has 1 unspecified atom stereocenters. The van der Waals surface area contributed by atoms with Gasteiger partial charge < -0.3 is 9.84 Å². The lowest BCUT2D eigenvalue weighted by Gasteiger charge is -2.15. The Bertz CT molecular complexity index is 554. The lowest BCUT2D eigenvalue weighted by atomic mass is 10.0. The van der Waals surface area contributed by atoms with E-state index in [1.807, 2.05) is 31.3 Å². The summed E-state index contributed by atoms with van der Waals surface area (Å²) in [6.45, 7) is 4.43. The van der Waals surface area contributed by atoms with Gasteiger partial charge in [0.1, 0.15) is 0 Å². The minimum absolute atomic E-state index is 0.363. The van der Waals surface area contributed by atoms with Crippen LogP contribution in [0.3, 0.4) is 0 Å². The molecule has 2 aromatic rings. The van der Waals surface area contributed by atoms with E-state index >= 15 is 0 Å². The highest BCUT2D eigenvalue weighted by atomic mass is 79.9. The topological polar surface area (TPSA) is 51.0 Å². The Labute approximate surface area is 128 Å². The van der Waals surface area contributed by atoms with Gasteiger partial charge in [0, 0.05) is 22.5 Å². The van der Waals surface area contributed by atoms with Gasteiger partial charge in [0.2, 0.25) is 11.7 Å². The van der Waals surface area contributed by atoms with Crippen molar-refractivity contribution < 1.29 is 4.52 Å². The minimum Gasteiger partial charge on any atom is -0.339 e. The van der Waals surface area contributed by atoms with Gasteiger partial charge in [-0.25, -0.2) is 0 Å². The van der Waals surface area contributed by atoms with E-state index in [1.54, 1.807) is 0 Å². The van der Waals surface area contributed by atoms with Crippen LogP contribution in [0.25, 0.3) is 11.4 Å². The minimum atomic E-state index is 0.363. The molecular weight excluding hydrogens is 318 g/mol. The number of benzene rings is 1. The summed E-state index contributed by atoms with van der Waals surface area (Å²) in [4.78, 5) is 4.49. The second kappa shape index (κ2) is 6.99. The van der Waals surface area contributed by atoms with Crippen molar-refractivity contribution in [1.29, 1.82) is 0 Å². The van der Waals surface area contributed by atoms with Gasteiger partial charge in [-0.1, -0.05) is 47.1 Å². The summed E-state index contributed by atoms with van der Waals surface area (Å²) >= 11 is 3.51. The highest BCUT2D eigenvalue weighted by Crippen LogP contribution is 2.25. The number of nitrogens with one attached hydrogen (secondary N) is 1. The van der Waals surface area contributed by atoms with Gasteiger partial charge >= 0.3 is 0 Å². The number of rotatable bonds is 6. The van der Waals surface area contributed by atoms with E-state index in [1.165, 1.54) is 0 Å². The summed E-state index contributed by atoms with van der Waals surface area (Å²) in [5.74, 6) is 1.95. The SMILES string of the molecule is CNC(Cc1nc(-c2ccccc2Br)no1)CC(C)C. The molecule has 5 heteroatoms. The van der Waals surface area contributed by atoms with Gasteiger partial charge in [-0.3, -0.25) is 0 Å². The van der Waals surface area contributed by atoms with Crippen LogP contribution in [0.5, 0.6) is 0 Å². The Kier molecular flexibility index (Phi) is 5.31. The summed E-state index contributed by atoms with van der Waals surface area (Å²) in [7, 11) is 1.97. The summed E-state index contributed by atoms with van der Waals surface area (Å²) < 4.78 is 6.34. The van der Waals surface area contributed by atoms with Crippen LogP contribution in [0.4, 0.5) is 0 Å². The second-order valence-electron chi connectivity index (χ2n) is 5.31. The average molecular weight is 338 g/mol. The molecule has 0 saturated heterocycles. The molecule has 1 aromatic heterocycles. The van der Waals surface area contributed by atoms with E-state index in [-0.39, 0.29) is 0 Å². The maximum absolute atomic E-state index is 5.37. The van der Waals surface area contributed by atoms with Crippen molar-refractivity contribution in [1.82, 2.24) is 15.5 Å². The van der Waals surface area contributed by atoms with Crippen molar-refractivity contribution >= 4 is 15.9 Å². The Hall–Kier alpha value is -1.20. The van der Waals surface area contributed by atoms with Crippen molar-refractivity contribution in [3.63, 3.8) is 0 Å². The highest BCUT2D eigenvalue weighted by Gasteiger charge is 2.16. The molecule has 0 amide bonds. The molecule has 0 aliphatic rings. The van der Waals surface area contributed by atoms with Gasteiger partial charge in [0.05, 0.1) is 0 Å². The fraction of sp³-hybridized carbons (Fsp3) is 0.467. The van der Waals surface area contributed by atoms with Crippen LogP contribution in [0.15, 0.2) is 33.3 Å². The van der Waals surface area contributed by atoms with Crippen LogP contribution >= 0.6 is 15.9 Å². The Morgan fingerprint density at radius 3 is 2.70 bits per heavy atom. The molecule has 2 rings (SSSR count). The van der Waals surface area contributed by atoms with Crippen molar-refractivity contribution in [3.8, 4) is 11.4 Å². The predicted molar refractivity (Wildman–Crippen MR) is 83.4 cm³/mol. The molecule has 0 aliphatic heterocycles. The summed E-state index contributed by atoms with van der Waals surface area (Å²) in [5, 5.41) is 7.38. The molecule has 0 spiro atoms. The molecule has 0 aliphatic carbocycles. The number of halogens is 1. The number of nitrogens with zero attached hydrogens (tertiary/aromatic N) is 2. The first-order valence-corrected chi connectivity index (χ1v) is 7.64. The average Bonchev–Trinajstić information content (AvgIpc) is 2.86. The fourth-order valence-corrected chi connectivity index (χ4v) is 2.63. The van der Waals surface area contributed by atoms with Crippen LogP contribution in [-0.4, -0.2) is 23.2 Å². The number of hydrogen-bond acceptors (Lipinski definition) is 4. The van der Waals surface area contributed by atoms with E-state index in [2.05, 4.69) is 45.2 Å². The van der Waals surface area contributed by atoms with Gasteiger partial charge in [0.15, 0.2) is 0 Å². The zero-order valence-electron chi connectivity index (χ0n) is 12.1. The van der Waals surface area contributed by atoms with E-state index in [9.17, 15) is 0 Å². The normalized spacial score (nSPS) is 12.8. The Balaban J connectivity index is 2.11. The first-order chi connectivity index (χ1) is 9.60. The Morgan fingerprint density at radius 1 is 1.30 bits per heavy atom. The van der Waals surface area contributed by atoms with Crippen LogP contribution < -0.4 is 5.32 Å². The molecule has 1 heterocycles. The third kappa shape index (κ3) is 3.90. The second-order valence-corrected chi connectivity index (χ2v) is 6.17. The molecule has 0 radical (unpaired) electrons. The number of aromatic nitrogens is 2. The van der Waals surface area contributed by atoms with E-state index in [0.29, 0.717) is 23.7 Å². The van der Waals surface area contributed by atoms with Crippen LogP contribution in [0, 0.1) is 5.92 Å². The first kappa shape index (κ1) is 15.2. The molecule has 0 fully saturated rings. The van der Waals surface area contributed by atoms with Crippen molar-refractivity contribution in [2.75, 3.05) is 7.05 Å². The zero-order chi connectivity index (χ0) is 14.5.